The Morgan fingerprint density at radius 3 is 3.05 bits per heavy atom. The predicted molar refractivity (Wildman–Crippen MR) is 74.0 cm³/mol. The number of anilines is 1. The van der Waals surface area contributed by atoms with Crippen LogP contribution in [0, 0.1) is 0 Å². The van der Waals surface area contributed by atoms with Crippen molar-refractivity contribution in [3.05, 3.63) is 22.7 Å². The molecule has 2 N–H and O–H groups in total. The normalized spacial score (nSPS) is 14.5. The fraction of sp³-hybridized carbons (Fsp3) is 0.462. The second kappa shape index (κ2) is 5.67. The number of urea groups is 1. The van der Waals surface area contributed by atoms with Crippen LogP contribution in [0.5, 0.6) is 5.75 Å². The average Bonchev–Trinajstić information content (AvgIpc) is 2.75. The molecule has 104 valence electrons. The third-order valence-electron chi connectivity index (χ3n) is 2.87. The average molecular weight is 285 g/mol. The molecule has 2 rings (SSSR count). The number of halogens is 1. The van der Waals surface area contributed by atoms with Gasteiger partial charge in [0.25, 0.3) is 0 Å². The second-order valence-corrected chi connectivity index (χ2v) is 5.14. The summed E-state index contributed by atoms with van der Waals surface area (Å²) < 4.78 is 5.51. The van der Waals surface area contributed by atoms with Crippen molar-refractivity contribution in [2.75, 3.05) is 25.5 Å². The van der Waals surface area contributed by atoms with Crippen molar-refractivity contribution in [1.29, 1.82) is 0 Å². The standard InChI is InChI=1S/C13H17ClN2O3/c1-8(17)7-16(2)13(18)15-11-6-10(14)5-9-3-4-19-12(9)11/h5-6,8,17H,3-4,7H2,1-2H3,(H,15,18). The number of benzene rings is 1. The lowest BCUT2D eigenvalue weighted by Crippen LogP contribution is -2.36. The zero-order valence-electron chi connectivity index (χ0n) is 10.9. The van der Waals surface area contributed by atoms with E-state index in [2.05, 4.69) is 5.32 Å². The highest BCUT2D eigenvalue weighted by Gasteiger charge is 2.20. The highest BCUT2D eigenvalue weighted by molar-refractivity contribution is 6.31. The van der Waals surface area contributed by atoms with E-state index in [4.69, 9.17) is 16.3 Å². The molecule has 1 aromatic rings. The Kier molecular flexibility index (Phi) is 4.17. The molecule has 1 atom stereocenters. The number of fused-ring (bicyclic) bond motifs is 1. The number of rotatable bonds is 3. The lowest BCUT2D eigenvalue weighted by Gasteiger charge is -2.20. The maximum Gasteiger partial charge on any atom is 0.321 e. The van der Waals surface area contributed by atoms with Crippen molar-refractivity contribution in [1.82, 2.24) is 4.90 Å². The van der Waals surface area contributed by atoms with Crippen LogP contribution in [0.15, 0.2) is 12.1 Å². The van der Waals surface area contributed by atoms with Gasteiger partial charge in [0, 0.05) is 30.6 Å². The van der Waals surface area contributed by atoms with E-state index in [9.17, 15) is 9.90 Å². The number of carbonyl (C=O) groups excluding carboxylic acids is 1. The highest BCUT2D eigenvalue weighted by atomic mass is 35.5. The molecule has 6 heteroatoms. The third kappa shape index (κ3) is 3.30. The van der Waals surface area contributed by atoms with E-state index in [0.29, 0.717) is 23.1 Å². The summed E-state index contributed by atoms with van der Waals surface area (Å²) in [6.45, 7) is 2.49. The maximum atomic E-state index is 12.0. The lowest BCUT2D eigenvalue weighted by atomic mass is 10.1. The van der Waals surface area contributed by atoms with Crippen LogP contribution in [-0.4, -0.2) is 42.3 Å². The molecule has 5 nitrogen and oxygen atoms in total. The largest absolute Gasteiger partial charge is 0.491 e. The van der Waals surface area contributed by atoms with E-state index in [1.54, 1.807) is 20.0 Å². The number of nitrogens with one attached hydrogen (secondary N) is 1. The van der Waals surface area contributed by atoms with E-state index in [-0.39, 0.29) is 12.6 Å². The summed E-state index contributed by atoms with van der Waals surface area (Å²) >= 11 is 6.02. The fourth-order valence-corrected chi connectivity index (χ4v) is 2.29. The molecule has 0 spiro atoms. The first kappa shape index (κ1) is 14.0. The fourth-order valence-electron chi connectivity index (χ4n) is 2.05. The Morgan fingerprint density at radius 1 is 1.63 bits per heavy atom. The minimum atomic E-state index is -0.572. The van der Waals surface area contributed by atoms with Crippen LogP contribution in [0.2, 0.25) is 5.02 Å². The second-order valence-electron chi connectivity index (χ2n) is 4.70. The van der Waals surface area contributed by atoms with Crippen LogP contribution >= 0.6 is 11.6 Å². The monoisotopic (exact) mass is 284 g/mol. The summed E-state index contributed by atoms with van der Waals surface area (Å²) in [5.74, 6) is 0.684. The SMILES string of the molecule is CC(O)CN(C)C(=O)Nc1cc(Cl)cc2c1OCC2. The number of hydrogen-bond donors (Lipinski definition) is 2. The van der Waals surface area contributed by atoms with Gasteiger partial charge in [-0.3, -0.25) is 0 Å². The van der Waals surface area contributed by atoms with E-state index in [1.165, 1.54) is 4.90 Å². The third-order valence-corrected chi connectivity index (χ3v) is 3.09. The molecule has 1 aliphatic rings. The Labute approximate surface area is 117 Å². The Bertz CT molecular complexity index is 491. The van der Waals surface area contributed by atoms with Gasteiger partial charge in [-0.25, -0.2) is 4.79 Å². The predicted octanol–water partition coefficient (Wildman–Crippen LogP) is 2.12. The summed E-state index contributed by atoms with van der Waals surface area (Å²) in [6, 6.07) is 3.21. The zero-order chi connectivity index (χ0) is 14.0. The van der Waals surface area contributed by atoms with Gasteiger partial charge in [0.15, 0.2) is 0 Å². The van der Waals surface area contributed by atoms with Crippen molar-refractivity contribution >= 4 is 23.3 Å². The van der Waals surface area contributed by atoms with Gasteiger partial charge in [-0.2, -0.15) is 0 Å². The number of ether oxygens (including phenoxy) is 1. The molecule has 0 aromatic heterocycles. The number of nitrogens with zero attached hydrogens (tertiary/aromatic N) is 1. The molecule has 0 fully saturated rings. The topological polar surface area (TPSA) is 61.8 Å². The number of aliphatic hydroxyl groups is 1. The minimum absolute atomic E-state index is 0.259. The highest BCUT2D eigenvalue weighted by Crippen LogP contribution is 2.36. The molecule has 1 unspecified atom stereocenters. The van der Waals surface area contributed by atoms with Gasteiger partial charge in [-0.15, -0.1) is 0 Å². The molecular formula is C13H17ClN2O3. The van der Waals surface area contributed by atoms with Crippen LogP contribution in [-0.2, 0) is 6.42 Å². The lowest BCUT2D eigenvalue weighted by molar-refractivity contribution is 0.149. The van der Waals surface area contributed by atoms with Gasteiger partial charge in [-0.1, -0.05) is 11.6 Å². The van der Waals surface area contributed by atoms with Gasteiger partial charge in [0.2, 0.25) is 0 Å². The van der Waals surface area contributed by atoms with Crippen molar-refractivity contribution in [2.24, 2.45) is 0 Å². The first-order valence-corrected chi connectivity index (χ1v) is 6.50. The van der Waals surface area contributed by atoms with E-state index >= 15 is 0 Å². The van der Waals surface area contributed by atoms with Crippen molar-refractivity contribution in [2.45, 2.75) is 19.4 Å². The van der Waals surface area contributed by atoms with E-state index < -0.39 is 6.10 Å². The Hall–Kier alpha value is -1.46. The first-order chi connectivity index (χ1) is 8.97. The minimum Gasteiger partial charge on any atom is -0.491 e. The maximum absolute atomic E-state index is 12.0. The van der Waals surface area contributed by atoms with Crippen LogP contribution in [0.1, 0.15) is 12.5 Å². The van der Waals surface area contributed by atoms with E-state index in [0.717, 1.165) is 12.0 Å². The van der Waals surface area contributed by atoms with Gasteiger partial charge in [-0.05, 0) is 19.1 Å². The molecule has 2 amide bonds. The summed E-state index contributed by atoms with van der Waals surface area (Å²) in [7, 11) is 1.62. The Balaban J connectivity index is 2.13. The molecule has 19 heavy (non-hydrogen) atoms. The Morgan fingerprint density at radius 2 is 2.37 bits per heavy atom. The number of carbonyl (C=O) groups is 1. The number of aliphatic hydroxyl groups excluding tert-OH is 1. The molecule has 1 heterocycles. The van der Waals surface area contributed by atoms with Gasteiger partial charge < -0.3 is 20.1 Å². The summed E-state index contributed by atoms with van der Waals surface area (Å²) in [5, 5.41) is 12.6. The summed E-state index contributed by atoms with van der Waals surface area (Å²) in [6.07, 6.45) is 0.222. The molecule has 0 saturated carbocycles. The molecule has 0 radical (unpaired) electrons. The molecule has 0 bridgehead atoms. The summed E-state index contributed by atoms with van der Waals surface area (Å²) in [4.78, 5) is 13.4. The molecule has 1 aliphatic heterocycles. The summed E-state index contributed by atoms with van der Waals surface area (Å²) in [5.41, 5.74) is 1.57. The van der Waals surface area contributed by atoms with Crippen molar-refractivity contribution < 1.29 is 14.6 Å². The number of likely N-dealkylation sites (N-methyl/N-ethyl adjacent to an activating group) is 1. The number of amides is 2. The van der Waals surface area contributed by atoms with Crippen LogP contribution in [0.3, 0.4) is 0 Å². The van der Waals surface area contributed by atoms with Crippen LogP contribution < -0.4 is 10.1 Å². The smallest absolute Gasteiger partial charge is 0.321 e. The van der Waals surface area contributed by atoms with Crippen molar-refractivity contribution in [3.63, 3.8) is 0 Å². The zero-order valence-corrected chi connectivity index (χ0v) is 11.7. The van der Waals surface area contributed by atoms with Crippen LogP contribution in [0.4, 0.5) is 10.5 Å². The number of hydrogen-bond acceptors (Lipinski definition) is 3. The molecule has 0 aliphatic carbocycles. The van der Waals surface area contributed by atoms with E-state index in [1.807, 2.05) is 6.07 Å². The molecule has 0 saturated heterocycles. The van der Waals surface area contributed by atoms with Gasteiger partial charge >= 0.3 is 6.03 Å². The van der Waals surface area contributed by atoms with Gasteiger partial charge in [0.05, 0.1) is 18.4 Å². The first-order valence-electron chi connectivity index (χ1n) is 6.13. The quantitative estimate of drug-likeness (QED) is 0.894. The van der Waals surface area contributed by atoms with Crippen molar-refractivity contribution in [3.8, 4) is 5.75 Å². The molecular weight excluding hydrogens is 268 g/mol. The van der Waals surface area contributed by atoms with Crippen LogP contribution in [0.25, 0.3) is 0 Å². The molecule has 1 aromatic carbocycles. The van der Waals surface area contributed by atoms with Gasteiger partial charge in [0.1, 0.15) is 5.75 Å².